The van der Waals surface area contributed by atoms with Gasteiger partial charge in [0.15, 0.2) is 11.5 Å². The molecule has 0 bridgehead atoms. The van der Waals surface area contributed by atoms with E-state index in [1.807, 2.05) is 18.2 Å². The minimum atomic E-state index is -0.448. The molecule has 0 aliphatic rings. The van der Waals surface area contributed by atoms with Gasteiger partial charge in [-0.05, 0) is 31.9 Å². The van der Waals surface area contributed by atoms with Gasteiger partial charge in [0.1, 0.15) is 0 Å². The average molecular weight is 288 g/mol. The Hall–Kier alpha value is -2.14. The summed E-state index contributed by atoms with van der Waals surface area (Å²) in [5.41, 5.74) is 1.56. The molecule has 2 rings (SSSR count). The number of nitrogens with one attached hydrogen (secondary N) is 1. The van der Waals surface area contributed by atoms with E-state index in [2.05, 4.69) is 22.6 Å². The summed E-state index contributed by atoms with van der Waals surface area (Å²) in [6, 6.07) is 12.0. The highest BCUT2D eigenvalue weighted by molar-refractivity contribution is 5.87. The monoisotopic (exact) mass is 288 g/mol. The van der Waals surface area contributed by atoms with Crippen molar-refractivity contribution >= 4 is 5.97 Å². The highest BCUT2D eigenvalue weighted by Gasteiger charge is 2.12. The van der Waals surface area contributed by atoms with E-state index in [0.29, 0.717) is 18.9 Å². The largest absolute Gasteiger partial charge is 0.461 e. The van der Waals surface area contributed by atoms with Crippen LogP contribution >= 0.6 is 0 Å². The van der Waals surface area contributed by atoms with E-state index in [-0.39, 0.29) is 5.69 Å². The van der Waals surface area contributed by atoms with Crippen LogP contribution in [0.4, 0.5) is 0 Å². The van der Waals surface area contributed by atoms with Crippen LogP contribution in [0.25, 0.3) is 0 Å². The number of hydrogen-bond acceptors (Lipinski definition) is 5. The maximum Gasteiger partial charge on any atom is 0.360 e. The number of benzene rings is 1. The Morgan fingerprint density at radius 2 is 2.14 bits per heavy atom. The summed E-state index contributed by atoms with van der Waals surface area (Å²) in [5, 5.41) is 6.96. The highest BCUT2D eigenvalue weighted by atomic mass is 16.5. The Morgan fingerprint density at radius 1 is 1.33 bits per heavy atom. The number of rotatable bonds is 8. The van der Waals surface area contributed by atoms with E-state index in [4.69, 9.17) is 9.26 Å². The Bertz CT molecular complexity index is 552. The molecule has 0 aliphatic heterocycles. The van der Waals surface area contributed by atoms with Gasteiger partial charge in [0.2, 0.25) is 0 Å². The first kappa shape index (κ1) is 15.3. The SMILES string of the molecule is CCOC(=O)c1cc(CNCCCc2ccccc2)on1. The standard InChI is InChI=1S/C16H20N2O3/c1-2-20-16(19)15-11-14(21-18-15)12-17-10-6-9-13-7-4-3-5-8-13/h3-5,7-8,11,17H,2,6,9-10,12H2,1H3. The molecule has 0 fully saturated rings. The second-order valence-electron chi connectivity index (χ2n) is 4.66. The molecule has 1 aromatic heterocycles. The Morgan fingerprint density at radius 3 is 2.90 bits per heavy atom. The first-order valence-corrected chi connectivity index (χ1v) is 7.17. The predicted octanol–water partition coefficient (Wildman–Crippen LogP) is 2.57. The summed E-state index contributed by atoms with van der Waals surface area (Å²) >= 11 is 0. The number of hydrogen-bond donors (Lipinski definition) is 1. The highest BCUT2D eigenvalue weighted by Crippen LogP contribution is 2.05. The van der Waals surface area contributed by atoms with Crippen molar-refractivity contribution < 1.29 is 14.1 Å². The van der Waals surface area contributed by atoms with E-state index >= 15 is 0 Å². The van der Waals surface area contributed by atoms with Crippen LogP contribution in [0.5, 0.6) is 0 Å². The van der Waals surface area contributed by atoms with Gasteiger partial charge in [0.05, 0.1) is 13.2 Å². The molecule has 5 nitrogen and oxygen atoms in total. The number of aryl methyl sites for hydroxylation is 1. The molecule has 0 amide bonds. The molecule has 1 heterocycles. The summed E-state index contributed by atoms with van der Waals surface area (Å²) in [6.07, 6.45) is 2.08. The molecule has 112 valence electrons. The van der Waals surface area contributed by atoms with Gasteiger partial charge in [-0.25, -0.2) is 4.79 Å². The zero-order chi connectivity index (χ0) is 14.9. The molecule has 0 atom stereocenters. The summed E-state index contributed by atoms with van der Waals surface area (Å²) in [7, 11) is 0. The van der Waals surface area contributed by atoms with Crippen molar-refractivity contribution in [3.63, 3.8) is 0 Å². The minimum Gasteiger partial charge on any atom is -0.461 e. The fraction of sp³-hybridized carbons (Fsp3) is 0.375. The topological polar surface area (TPSA) is 64.4 Å². The number of nitrogens with zero attached hydrogens (tertiary/aromatic N) is 1. The summed E-state index contributed by atoms with van der Waals surface area (Å²) in [4.78, 5) is 11.4. The minimum absolute atomic E-state index is 0.220. The van der Waals surface area contributed by atoms with E-state index in [0.717, 1.165) is 19.4 Å². The van der Waals surface area contributed by atoms with Gasteiger partial charge in [-0.2, -0.15) is 0 Å². The van der Waals surface area contributed by atoms with E-state index < -0.39 is 5.97 Å². The van der Waals surface area contributed by atoms with Crippen molar-refractivity contribution in [2.24, 2.45) is 0 Å². The third-order valence-electron chi connectivity index (χ3n) is 3.00. The number of aromatic nitrogens is 1. The van der Waals surface area contributed by atoms with E-state index in [1.54, 1.807) is 13.0 Å². The van der Waals surface area contributed by atoms with Crippen molar-refractivity contribution in [2.75, 3.05) is 13.2 Å². The first-order valence-electron chi connectivity index (χ1n) is 7.17. The number of esters is 1. The van der Waals surface area contributed by atoms with Crippen LogP contribution in [-0.2, 0) is 17.7 Å². The van der Waals surface area contributed by atoms with Crippen molar-refractivity contribution in [3.05, 3.63) is 53.4 Å². The molecule has 2 aromatic rings. The molecule has 0 saturated carbocycles. The van der Waals surface area contributed by atoms with Gasteiger partial charge in [-0.1, -0.05) is 35.5 Å². The molecular formula is C16H20N2O3. The third kappa shape index (κ3) is 5.04. The number of ether oxygens (including phenoxy) is 1. The van der Waals surface area contributed by atoms with Gasteiger partial charge >= 0.3 is 5.97 Å². The van der Waals surface area contributed by atoms with Crippen molar-refractivity contribution in [1.29, 1.82) is 0 Å². The molecule has 1 aromatic carbocycles. The molecule has 0 radical (unpaired) electrons. The second kappa shape index (κ2) is 8.21. The number of carbonyl (C=O) groups is 1. The lowest BCUT2D eigenvalue weighted by Crippen LogP contribution is -2.14. The smallest absolute Gasteiger partial charge is 0.360 e. The van der Waals surface area contributed by atoms with Crippen LogP contribution in [0.15, 0.2) is 40.9 Å². The van der Waals surface area contributed by atoms with Crippen LogP contribution in [0.3, 0.4) is 0 Å². The van der Waals surface area contributed by atoms with Gasteiger partial charge in [0.25, 0.3) is 0 Å². The van der Waals surface area contributed by atoms with Crippen LogP contribution < -0.4 is 5.32 Å². The Labute approximate surface area is 124 Å². The molecule has 5 heteroatoms. The quantitative estimate of drug-likeness (QED) is 0.597. The van der Waals surface area contributed by atoms with E-state index in [1.165, 1.54) is 5.56 Å². The molecule has 1 N–H and O–H groups in total. The van der Waals surface area contributed by atoms with E-state index in [9.17, 15) is 4.79 Å². The van der Waals surface area contributed by atoms with Gasteiger partial charge in [-0.3, -0.25) is 0 Å². The van der Waals surface area contributed by atoms with Crippen molar-refractivity contribution in [2.45, 2.75) is 26.3 Å². The lowest BCUT2D eigenvalue weighted by Gasteiger charge is -2.02. The van der Waals surface area contributed by atoms with Crippen molar-refractivity contribution in [3.8, 4) is 0 Å². The number of carbonyl (C=O) groups excluding carboxylic acids is 1. The van der Waals surface area contributed by atoms with Crippen LogP contribution in [0, 0.1) is 0 Å². The maximum absolute atomic E-state index is 11.4. The predicted molar refractivity (Wildman–Crippen MR) is 78.9 cm³/mol. The molecule has 0 aliphatic carbocycles. The lowest BCUT2D eigenvalue weighted by molar-refractivity contribution is 0.0514. The molecule has 21 heavy (non-hydrogen) atoms. The zero-order valence-corrected chi connectivity index (χ0v) is 12.2. The molecule has 0 unspecified atom stereocenters. The fourth-order valence-corrected chi connectivity index (χ4v) is 1.97. The summed E-state index contributed by atoms with van der Waals surface area (Å²) < 4.78 is 9.94. The maximum atomic E-state index is 11.4. The Balaban J connectivity index is 1.66. The van der Waals surface area contributed by atoms with Crippen LogP contribution in [-0.4, -0.2) is 24.3 Å². The normalized spacial score (nSPS) is 10.5. The van der Waals surface area contributed by atoms with Gasteiger partial charge in [0, 0.05) is 6.07 Å². The van der Waals surface area contributed by atoms with Gasteiger partial charge in [-0.15, -0.1) is 0 Å². The van der Waals surface area contributed by atoms with Crippen LogP contribution in [0.2, 0.25) is 0 Å². The molecular weight excluding hydrogens is 268 g/mol. The fourth-order valence-electron chi connectivity index (χ4n) is 1.97. The summed E-state index contributed by atoms with van der Waals surface area (Å²) in [6.45, 7) is 3.53. The first-order chi connectivity index (χ1) is 10.3. The second-order valence-corrected chi connectivity index (χ2v) is 4.66. The van der Waals surface area contributed by atoms with Crippen LogP contribution in [0.1, 0.15) is 35.2 Å². The molecule has 0 saturated heterocycles. The lowest BCUT2D eigenvalue weighted by atomic mass is 10.1. The third-order valence-corrected chi connectivity index (χ3v) is 3.00. The van der Waals surface area contributed by atoms with Gasteiger partial charge < -0.3 is 14.6 Å². The molecule has 0 spiro atoms. The zero-order valence-electron chi connectivity index (χ0n) is 12.2. The Kier molecular flexibility index (Phi) is 5.97. The summed E-state index contributed by atoms with van der Waals surface area (Å²) in [5.74, 6) is 0.189. The average Bonchev–Trinajstić information content (AvgIpc) is 2.97. The van der Waals surface area contributed by atoms with Crippen molar-refractivity contribution in [1.82, 2.24) is 10.5 Å².